The summed E-state index contributed by atoms with van der Waals surface area (Å²) in [7, 11) is 0. The summed E-state index contributed by atoms with van der Waals surface area (Å²) in [6.45, 7) is 7.75. The zero-order valence-electron chi connectivity index (χ0n) is 31.0. The zero-order valence-corrected chi connectivity index (χ0v) is 31.8. The molecular formula is C42H56N2O8S. The van der Waals surface area contributed by atoms with Crippen molar-refractivity contribution in [3.8, 4) is 11.5 Å². The zero-order chi connectivity index (χ0) is 37.0. The second-order valence-electron chi connectivity index (χ2n) is 14.3. The molecule has 288 valence electrons. The molecule has 1 amide bonds. The van der Waals surface area contributed by atoms with Crippen LogP contribution < -0.4 is 14.8 Å². The minimum Gasteiger partial charge on any atom is -0.460 e. The Hall–Kier alpha value is -3.35. The van der Waals surface area contributed by atoms with Crippen molar-refractivity contribution in [3.05, 3.63) is 84.0 Å². The van der Waals surface area contributed by atoms with Crippen LogP contribution in [-0.4, -0.2) is 71.5 Å². The molecule has 0 radical (unpaired) electrons. The van der Waals surface area contributed by atoms with Crippen molar-refractivity contribution in [2.24, 2.45) is 22.9 Å². The molecule has 53 heavy (non-hydrogen) atoms. The van der Waals surface area contributed by atoms with Gasteiger partial charge < -0.3 is 39.3 Å². The summed E-state index contributed by atoms with van der Waals surface area (Å²) in [5.41, 5.74) is 3.89. The summed E-state index contributed by atoms with van der Waals surface area (Å²) in [4.78, 5) is 19.2. The number of unbranched alkanes of at least 4 members (excludes halogenated alkanes) is 2. The van der Waals surface area contributed by atoms with Crippen LogP contribution in [0.15, 0.2) is 78.0 Å². The van der Waals surface area contributed by atoms with Crippen LogP contribution in [0.3, 0.4) is 0 Å². The van der Waals surface area contributed by atoms with E-state index in [2.05, 4.69) is 24.9 Å². The summed E-state index contributed by atoms with van der Waals surface area (Å²) in [6.07, 6.45) is 11.6. The average molecular weight is 749 g/mol. The van der Waals surface area contributed by atoms with E-state index in [1.54, 1.807) is 23.9 Å². The molecule has 2 fully saturated rings. The van der Waals surface area contributed by atoms with Crippen molar-refractivity contribution in [2.75, 3.05) is 32.2 Å². The normalized spacial score (nSPS) is 28.2. The van der Waals surface area contributed by atoms with E-state index in [1.165, 1.54) is 0 Å². The molecule has 1 unspecified atom stereocenters. The van der Waals surface area contributed by atoms with Crippen LogP contribution in [0.1, 0.15) is 88.2 Å². The fourth-order valence-electron chi connectivity index (χ4n) is 8.57. The second kappa shape index (κ2) is 19.3. The maximum Gasteiger partial charge on any atom is 0.412 e. The third-order valence-corrected chi connectivity index (χ3v) is 12.1. The SMILES string of the molecule is C=CCO[C@@]12Oc3ccc(OC(=O)NCc4ccccc4)cc3[C@H]3[C@H](CCCCO)[C@@H](CCCCO)C=C(C(=NOC4CCCCO4)C[C@@H]1SCC)[C@H]32. The highest BCUT2D eigenvalue weighted by Crippen LogP contribution is 2.62. The topological polar surface area (TPSA) is 128 Å². The first kappa shape index (κ1) is 39.3. The largest absolute Gasteiger partial charge is 0.460 e. The van der Waals surface area contributed by atoms with Gasteiger partial charge in [0.25, 0.3) is 0 Å². The van der Waals surface area contributed by atoms with Crippen LogP contribution in [-0.2, 0) is 20.9 Å². The van der Waals surface area contributed by atoms with Gasteiger partial charge in [-0.2, -0.15) is 11.8 Å². The number of nitrogens with zero attached hydrogens (tertiary/aromatic N) is 1. The number of ether oxygens (including phenoxy) is 4. The van der Waals surface area contributed by atoms with Crippen LogP contribution in [0.25, 0.3) is 0 Å². The lowest BCUT2D eigenvalue weighted by Crippen LogP contribution is -2.64. The molecule has 2 heterocycles. The van der Waals surface area contributed by atoms with Crippen molar-refractivity contribution in [2.45, 2.75) is 101 Å². The predicted molar refractivity (Wildman–Crippen MR) is 207 cm³/mol. The number of rotatable bonds is 18. The van der Waals surface area contributed by atoms with E-state index in [0.29, 0.717) is 44.1 Å². The van der Waals surface area contributed by atoms with Gasteiger partial charge in [-0.25, -0.2) is 4.79 Å². The summed E-state index contributed by atoms with van der Waals surface area (Å²) in [5, 5.41) is 27.2. The highest BCUT2D eigenvalue weighted by molar-refractivity contribution is 8.00. The Kier molecular flexibility index (Phi) is 14.3. The lowest BCUT2D eigenvalue weighted by molar-refractivity contribution is -0.223. The highest BCUT2D eigenvalue weighted by Gasteiger charge is 2.63. The number of nitrogens with one attached hydrogen (secondary N) is 1. The van der Waals surface area contributed by atoms with Gasteiger partial charge in [0.05, 0.1) is 30.1 Å². The molecule has 3 N–H and O–H groups in total. The summed E-state index contributed by atoms with van der Waals surface area (Å²) in [5.74, 6) is 0.936. The van der Waals surface area contributed by atoms with Gasteiger partial charge >= 0.3 is 6.09 Å². The first-order valence-electron chi connectivity index (χ1n) is 19.5. The number of carbonyl (C=O) groups is 1. The molecule has 0 spiro atoms. The number of fused-ring (bicyclic) bond motifs is 2. The van der Waals surface area contributed by atoms with Crippen molar-refractivity contribution in [3.63, 3.8) is 0 Å². The maximum atomic E-state index is 13.1. The van der Waals surface area contributed by atoms with E-state index in [1.807, 2.05) is 42.5 Å². The summed E-state index contributed by atoms with van der Waals surface area (Å²) >= 11 is 1.80. The number of hydrogen-bond donors (Lipinski definition) is 3. The number of aliphatic hydroxyl groups excluding tert-OH is 2. The van der Waals surface area contributed by atoms with Gasteiger partial charge in [0, 0.05) is 44.1 Å². The van der Waals surface area contributed by atoms with Crippen LogP contribution in [0, 0.1) is 17.8 Å². The first-order valence-corrected chi connectivity index (χ1v) is 20.5. The van der Waals surface area contributed by atoms with E-state index in [4.69, 9.17) is 28.9 Å². The number of amides is 1. The van der Waals surface area contributed by atoms with E-state index in [-0.39, 0.29) is 48.4 Å². The van der Waals surface area contributed by atoms with E-state index < -0.39 is 11.9 Å². The lowest BCUT2D eigenvalue weighted by Gasteiger charge is -2.58. The van der Waals surface area contributed by atoms with Crippen LogP contribution >= 0.6 is 11.8 Å². The average Bonchev–Trinajstić information content (AvgIpc) is 3.18. The van der Waals surface area contributed by atoms with Crippen LogP contribution in [0.4, 0.5) is 4.79 Å². The minimum absolute atomic E-state index is 0.0892. The third-order valence-electron chi connectivity index (χ3n) is 10.9. The smallest absolute Gasteiger partial charge is 0.412 e. The van der Waals surface area contributed by atoms with E-state index in [0.717, 1.165) is 79.5 Å². The molecule has 0 aromatic heterocycles. The molecule has 2 aromatic carbocycles. The lowest BCUT2D eigenvalue weighted by atomic mass is 9.56. The molecule has 0 bridgehead atoms. The quantitative estimate of drug-likeness (QED) is 0.0793. The molecule has 1 saturated heterocycles. The van der Waals surface area contributed by atoms with E-state index in [9.17, 15) is 15.0 Å². The molecule has 11 heteroatoms. The Morgan fingerprint density at radius 2 is 1.91 bits per heavy atom. The highest BCUT2D eigenvalue weighted by atomic mass is 32.2. The Labute approximate surface area is 318 Å². The molecule has 2 aromatic rings. The van der Waals surface area contributed by atoms with Gasteiger partial charge in [-0.3, -0.25) is 0 Å². The second-order valence-corrected chi connectivity index (χ2v) is 15.8. The summed E-state index contributed by atoms with van der Waals surface area (Å²) in [6, 6.07) is 15.4. The molecule has 2 aliphatic heterocycles. The molecule has 10 nitrogen and oxygen atoms in total. The maximum absolute atomic E-state index is 13.1. The fourth-order valence-corrected chi connectivity index (χ4v) is 9.74. The molecule has 7 atom stereocenters. The number of benzene rings is 2. The monoisotopic (exact) mass is 748 g/mol. The molecular weight excluding hydrogens is 693 g/mol. The molecule has 1 saturated carbocycles. The van der Waals surface area contributed by atoms with Crippen molar-refractivity contribution < 1.29 is 38.8 Å². The molecule has 4 aliphatic rings. The van der Waals surface area contributed by atoms with Crippen molar-refractivity contribution in [1.29, 1.82) is 0 Å². The van der Waals surface area contributed by atoms with Gasteiger partial charge in [-0.05, 0) is 85.4 Å². The minimum atomic E-state index is -1.03. The number of thioether (sulfide) groups is 1. The Bertz CT molecular complexity index is 1560. The number of aliphatic hydroxyl groups is 2. The number of allylic oxidation sites excluding steroid dienone is 1. The Morgan fingerprint density at radius 3 is 2.64 bits per heavy atom. The van der Waals surface area contributed by atoms with Crippen LogP contribution in [0.2, 0.25) is 0 Å². The standard InChI is InChI=1S/C42H56N2O8S/c1-3-23-49-42-37(53-4-2)27-35(44-52-38-18-10-13-24-48-38)33-25-30(16-8-11-21-45)32(17-9-12-22-46)39(40(33)42)34-26-31(19-20-36(34)51-42)50-41(47)43-28-29-14-6-5-7-15-29/h3,5-7,14-15,19-20,25-26,30,32,37-40,45-46H,1,4,8-13,16-18,21-24,27-28H2,2H3,(H,43,47)/t30-,32+,37-,38?,39+,40+,42+/m0/s1. The van der Waals surface area contributed by atoms with Crippen molar-refractivity contribution >= 4 is 23.6 Å². The predicted octanol–water partition coefficient (Wildman–Crippen LogP) is 7.89. The van der Waals surface area contributed by atoms with Gasteiger partial charge in [-0.15, -0.1) is 6.58 Å². The van der Waals surface area contributed by atoms with Gasteiger partial charge in [-0.1, -0.05) is 67.4 Å². The van der Waals surface area contributed by atoms with E-state index >= 15 is 0 Å². The number of oxime groups is 1. The number of carbonyl (C=O) groups excluding carboxylic acids is 1. The summed E-state index contributed by atoms with van der Waals surface area (Å²) < 4.78 is 25.9. The van der Waals surface area contributed by atoms with Gasteiger partial charge in [0.15, 0.2) is 0 Å². The molecule has 6 rings (SSSR count). The number of hydrogen-bond acceptors (Lipinski definition) is 10. The van der Waals surface area contributed by atoms with Gasteiger partial charge in [0.1, 0.15) is 11.5 Å². The first-order chi connectivity index (χ1) is 26.0. The van der Waals surface area contributed by atoms with Crippen LogP contribution in [0.5, 0.6) is 11.5 Å². The Morgan fingerprint density at radius 1 is 1.09 bits per heavy atom. The Balaban J connectivity index is 1.44. The van der Waals surface area contributed by atoms with Gasteiger partial charge in [0.2, 0.25) is 12.1 Å². The van der Waals surface area contributed by atoms with Crippen molar-refractivity contribution in [1.82, 2.24) is 5.32 Å². The fraction of sp³-hybridized carbons (Fsp3) is 0.571. The third kappa shape index (κ3) is 9.31. The molecule has 2 aliphatic carbocycles.